The Bertz CT molecular complexity index is 919. The molecule has 0 aromatic heterocycles. The molecule has 0 amide bonds. The van der Waals surface area contributed by atoms with Crippen LogP contribution in [0, 0.1) is 13.8 Å². The highest BCUT2D eigenvalue weighted by atomic mass is 16.8. The average molecular weight is 443 g/mol. The first-order valence-electron chi connectivity index (χ1n) is 11.2. The van der Waals surface area contributed by atoms with Gasteiger partial charge >= 0.3 is 0 Å². The van der Waals surface area contributed by atoms with E-state index >= 15 is 0 Å². The van der Waals surface area contributed by atoms with Crippen LogP contribution in [0.1, 0.15) is 61.2 Å². The van der Waals surface area contributed by atoms with Crippen molar-refractivity contribution in [3.63, 3.8) is 0 Å². The smallest absolute Gasteiger partial charge is 0.184 e. The van der Waals surface area contributed by atoms with Crippen molar-refractivity contribution in [2.75, 3.05) is 13.2 Å². The van der Waals surface area contributed by atoms with Crippen molar-refractivity contribution in [1.29, 1.82) is 0 Å². The second kappa shape index (κ2) is 9.21. The summed E-state index contributed by atoms with van der Waals surface area (Å²) in [6.07, 6.45) is -4.10. The fourth-order valence-electron chi connectivity index (χ4n) is 4.16. The summed E-state index contributed by atoms with van der Waals surface area (Å²) in [5, 5.41) is 20.2. The molecule has 2 fully saturated rings. The fourth-order valence-corrected chi connectivity index (χ4v) is 4.16. The van der Waals surface area contributed by atoms with Crippen LogP contribution in [-0.2, 0) is 24.4 Å². The Balaban J connectivity index is 1.54. The molecule has 2 heterocycles. The molecule has 0 bridgehead atoms. The minimum absolute atomic E-state index is 0.0582. The lowest BCUT2D eigenvalue weighted by Crippen LogP contribution is -2.58. The third-order valence-corrected chi connectivity index (χ3v) is 6.38. The predicted molar refractivity (Wildman–Crippen MR) is 120 cm³/mol. The Hall–Kier alpha value is -1.80. The van der Waals surface area contributed by atoms with Crippen molar-refractivity contribution in [1.82, 2.24) is 0 Å². The highest BCUT2D eigenvalue weighted by molar-refractivity contribution is 5.31. The van der Waals surface area contributed by atoms with Crippen molar-refractivity contribution in [2.24, 2.45) is 0 Å². The monoisotopic (exact) mass is 442 g/mol. The van der Waals surface area contributed by atoms with Crippen LogP contribution >= 0.6 is 0 Å². The summed E-state index contributed by atoms with van der Waals surface area (Å²) in [4.78, 5) is 0. The maximum absolute atomic E-state index is 10.5. The first kappa shape index (κ1) is 23.4. The number of ether oxygens (including phenoxy) is 4. The van der Waals surface area contributed by atoms with E-state index in [1.165, 1.54) is 11.1 Å². The van der Waals surface area contributed by atoms with Crippen LogP contribution in [0.5, 0.6) is 0 Å². The highest BCUT2D eigenvalue weighted by Crippen LogP contribution is 2.39. The normalized spacial score (nSPS) is 29.4. The Kier molecular flexibility index (Phi) is 6.73. The quantitative estimate of drug-likeness (QED) is 0.749. The van der Waals surface area contributed by atoms with Crippen molar-refractivity contribution >= 4 is 0 Å². The number of aliphatic hydroxyl groups excluding tert-OH is 2. The SMILES string of the molecule is Cc1ccc(C2OC3COC(c4ccc(C(C)(C)C)cc4)OC3C(C(O)CO)O2)cc1C. The third kappa shape index (κ3) is 4.76. The maximum Gasteiger partial charge on any atom is 0.184 e. The highest BCUT2D eigenvalue weighted by Gasteiger charge is 2.48. The van der Waals surface area contributed by atoms with E-state index in [9.17, 15) is 10.2 Å². The van der Waals surface area contributed by atoms with Gasteiger partial charge in [0.2, 0.25) is 0 Å². The number of hydrogen-bond donors (Lipinski definition) is 2. The molecular weight excluding hydrogens is 408 g/mol. The Morgan fingerprint density at radius 2 is 1.59 bits per heavy atom. The first-order valence-corrected chi connectivity index (χ1v) is 11.2. The number of aryl methyl sites for hydroxylation is 2. The zero-order valence-corrected chi connectivity index (χ0v) is 19.4. The predicted octanol–water partition coefficient (Wildman–Crippen LogP) is 3.85. The zero-order chi connectivity index (χ0) is 23.0. The molecule has 32 heavy (non-hydrogen) atoms. The van der Waals surface area contributed by atoms with E-state index in [1.807, 2.05) is 44.2 Å². The molecule has 0 saturated carbocycles. The van der Waals surface area contributed by atoms with E-state index in [0.717, 1.165) is 16.7 Å². The van der Waals surface area contributed by atoms with Crippen LogP contribution in [0.25, 0.3) is 0 Å². The molecular formula is C26H34O6. The number of aliphatic hydroxyl groups is 2. The van der Waals surface area contributed by atoms with Gasteiger partial charge in [0.05, 0.1) is 13.2 Å². The lowest BCUT2D eigenvalue weighted by atomic mass is 9.86. The van der Waals surface area contributed by atoms with Crippen LogP contribution in [0.3, 0.4) is 0 Å². The standard InChI is InChI=1S/C26H34O6/c1-15-6-7-18(12-16(15)2)25-30-21-14-29-24(32-23(21)22(31-25)20(28)13-27)17-8-10-19(11-9-17)26(3,4)5/h6-12,20-25,27-28H,13-14H2,1-5H3. The summed E-state index contributed by atoms with van der Waals surface area (Å²) < 4.78 is 24.5. The van der Waals surface area contributed by atoms with Crippen LogP contribution in [0.4, 0.5) is 0 Å². The second-order valence-electron chi connectivity index (χ2n) is 9.84. The summed E-state index contributed by atoms with van der Waals surface area (Å²) in [5.74, 6) is 0. The van der Waals surface area contributed by atoms with Gasteiger partial charge < -0.3 is 29.2 Å². The molecule has 4 rings (SSSR count). The largest absolute Gasteiger partial charge is 0.394 e. The number of fused-ring (bicyclic) bond motifs is 1. The van der Waals surface area contributed by atoms with Gasteiger partial charge in [-0.1, -0.05) is 63.2 Å². The van der Waals surface area contributed by atoms with Crippen molar-refractivity contribution in [3.05, 3.63) is 70.3 Å². The molecule has 2 aliphatic heterocycles. The molecule has 2 aromatic carbocycles. The lowest BCUT2D eigenvalue weighted by Gasteiger charge is -2.47. The first-order chi connectivity index (χ1) is 15.2. The molecule has 0 spiro atoms. The molecule has 174 valence electrons. The molecule has 2 N–H and O–H groups in total. The van der Waals surface area contributed by atoms with Crippen molar-refractivity contribution in [2.45, 2.75) is 77.0 Å². The maximum atomic E-state index is 10.5. The van der Waals surface area contributed by atoms with Gasteiger partial charge in [0.15, 0.2) is 12.6 Å². The second-order valence-corrected chi connectivity index (χ2v) is 9.84. The minimum Gasteiger partial charge on any atom is -0.394 e. The number of rotatable bonds is 4. The number of benzene rings is 2. The van der Waals surface area contributed by atoms with Crippen LogP contribution in [0.15, 0.2) is 42.5 Å². The summed E-state index contributed by atoms with van der Waals surface area (Å²) >= 11 is 0. The van der Waals surface area contributed by atoms with E-state index < -0.39 is 43.6 Å². The van der Waals surface area contributed by atoms with Gasteiger partial charge in [-0.2, -0.15) is 0 Å². The summed E-state index contributed by atoms with van der Waals surface area (Å²) in [6, 6.07) is 14.2. The topological polar surface area (TPSA) is 77.4 Å². The van der Waals surface area contributed by atoms with Gasteiger partial charge in [0, 0.05) is 11.1 Å². The van der Waals surface area contributed by atoms with Gasteiger partial charge in [-0.05, 0) is 36.0 Å². The Morgan fingerprint density at radius 1 is 0.906 bits per heavy atom. The van der Waals surface area contributed by atoms with E-state index in [0.29, 0.717) is 6.61 Å². The molecule has 6 nitrogen and oxygen atoms in total. The van der Waals surface area contributed by atoms with E-state index in [4.69, 9.17) is 18.9 Å². The van der Waals surface area contributed by atoms with Gasteiger partial charge in [0.1, 0.15) is 24.4 Å². The Morgan fingerprint density at radius 3 is 2.22 bits per heavy atom. The summed E-state index contributed by atoms with van der Waals surface area (Å²) in [7, 11) is 0. The average Bonchev–Trinajstić information content (AvgIpc) is 2.78. The molecule has 6 heteroatoms. The molecule has 6 unspecified atom stereocenters. The van der Waals surface area contributed by atoms with E-state index in [-0.39, 0.29) is 5.41 Å². The van der Waals surface area contributed by atoms with E-state index in [2.05, 4.69) is 32.9 Å². The molecule has 0 radical (unpaired) electrons. The van der Waals surface area contributed by atoms with Crippen LogP contribution in [0.2, 0.25) is 0 Å². The fraction of sp³-hybridized carbons (Fsp3) is 0.538. The Labute approximate surface area is 190 Å². The summed E-state index contributed by atoms with van der Waals surface area (Å²) in [5.41, 5.74) is 5.35. The number of hydrogen-bond acceptors (Lipinski definition) is 6. The molecule has 2 saturated heterocycles. The van der Waals surface area contributed by atoms with Gasteiger partial charge in [0.25, 0.3) is 0 Å². The molecule has 2 aromatic rings. The molecule has 2 aliphatic rings. The molecule has 0 aliphatic carbocycles. The lowest BCUT2D eigenvalue weighted by molar-refractivity contribution is -0.373. The van der Waals surface area contributed by atoms with Crippen LogP contribution in [-0.4, -0.2) is 47.8 Å². The van der Waals surface area contributed by atoms with Crippen LogP contribution < -0.4 is 0 Å². The summed E-state index contributed by atoms with van der Waals surface area (Å²) in [6.45, 7) is 10.5. The zero-order valence-electron chi connectivity index (χ0n) is 19.4. The van der Waals surface area contributed by atoms with Crippen molar-refractivity contribution < 1.29 is 29.2 Å². The minimum atomic E-state index is -1.09. The van der Waals surface area contributed by atoms with Crippen molar-refractivity contribution in [3.8, 4) is 0 Å². The van der Waals surface area contributed by atoms with Gasteiger partial charge in [-0.25, -0.2) is 0 Å². The van der Waals surface area contributed by atoms with Gasteiger partial charge in [-0.15, -0.1) is 0 Å². The van der Waals surface area contributed by atoms with E-state index in [1.54, 1.807) is 0 Å². The van der Waals surface area contributed by atoms with Gasteiger partial charge in [-0.3, -0.25) is 0 Å². The molecule has 6 atom stereocenters. The third-order valence-electron chi connectivity index (χ3n) is 6.38.